The molecule has 1 spiro atoms. The second-order valence-corrected chi connectivity index (χ2v) is 14.9. The Kier molecular flexibility index (Phi) is 9.71. The van der Waals surface area contributed by atoms with E-state index in [4.69, 9.17) is 20.9 Å². The van der Waals surface area contributed by atoms with E-state index in [2.05, 4.69) is 44.8 Å². The minimum absolute atomic E-state index is 0.00387. The first-order chi connectivity index (χ1) is 21.3. The van der Waals surface area contributed by atoms with Crippen molar-refractivity contribution < 1.29 is 14.3 Å². The first-order valence-corrected chi connectivity index (χ1v) is 16.7. The van der Waals surface area contributed by atoms with Crippen LogP contribution in [0.4, 0.5) is 0 Å². The van der Waals surface area contributed by atoms with E-state index in [1.807, 2.05) is 36.4 Å². The summed E-state index contributed by atoms with van der Waals surface area (Å²) >= 11 is 0. The van der Waals surface area contributed by atoms with Crippen molar-refractivity contribution in [3.8, 4) is 5.75 Å². The lowest BCUT2D eigenvalue weighted by Gasteiger charge is -2.46. The molecule has 2 fully saturated rings. The number of nitrogens with two attached hydrogens (primary N) is 1. The third-order valence-electron chi connectivity index (χ3n) is 9.73. The maximum atomic E-state index is 14.7. The predicted octanol–water partition coefficient (Wildman–Crippen LogP) is 6.88. The molecule has 2 aromatic carbocycles. The Bertz CT molecular complexity index is 1410. The van der Waals surface area contributed by atoms with Crippen LogP contribution in [0.1, 0.15) is 114 Å². The molecule has 2 saturated carbocycles. The third kappa shape index (κ3) is 7.95. The molecule has 2 aromatic rings. The van der Waals surface area contributed by atoms with Crippen LogP contribution in [-0.4, -0.2) is 47.1 Å². The molecule has 2 aliphatic carbocycles. The summed E-state index contributed by atoms with van der Waals surface area (Å²) in [6, 6.07) is 15.3. The molecule has 0 bridgehead atoms. The maximum absolute atomic E-state index is 14.7. The lowest BCUT2D eigenvalue weighted by molar-refractivity contribution is -0.133. The molecule has 0 radical (unpaired) electrons. The van der Waals surface area contributed by atoms with Gasteiger partial charge >= 0.3 is 0 Å². The van der Waals surface area contributed by atoms with E-state index >= 15 is 0 Å². The second kappa shape index (κ2) is 13.4. The number of aliphatic imine (C=N–C) groups is 1. The van der Waals surface area contributed by atoms with Gasteiger partial charge in [0.15, 0.2) is 0 Å². The van der Waals surface area contributed by atoms with Crippen molar-refractivity contribution in [3.05, 3.63) is 65.2 Å². The molecular formula is C37H51N5O3. The summed E-state index contributed by atoms with van der Waals surface area (Å²) in [6.07, 6.45) is 7.88. The highest BCUT2D eigenvalue weighted by atomic mass is 16.5. The van der Waals surface area contributed by atoms with Gasteiger partial charge < -0.3 is 20.7 Å². The van der Waals surface area contributed by atoms with Crippen molar-refractivity contribution in [2.45, 2.75) is 97.7 Å². The van der Waals surface area contributed by atoms with E-state index in [0.717, 1.165) is 55.4 Å². The Morgan fingerprint density at radius 3 is 2.40 bits per heavy atom. The summed E-state index contributed by atoms with van der Waals surface area (Å²) in [5.74, 6) is 2.24. The van der Waals surface area contributed by atoms with Crippen LogP contribution < -0.4 is 15.8 Å². The van der Waals surface area contributed by atoms with Gasteiger partial charge in [0.25, 0.3) is 11.8 Å². The molecule has 1 unspecified atom stereocenters. The number of benzene rings is 2. The van der Waals surface area contributed by atoms with Crippen LogP contribution in [0.3, 0.4) is 0 Å². The minimum atomic E-state index is -0.608. The molecule has 1 aliphatic heterocycles. The van der Waals surface area contributed by atoms with Crippen LogP contribution in [0.2, 0.25) is 0 Å². The average Bonchev–Trinajstić information content (AvgIpc) is 3.80. The Morgan fingerprint density at radius 1 is 1.11 bits per heavy atom. The fourth-order valence-corrected chi connectivity index (χ4v) is 6.73. The lowest BCUT2D eigenvalue weighted by atomic mass is 9.75. The molecule has 45 heavy (non-hydrogen) atoms. The molecule has 4 N–H and O–H groups in total. The first-order valence-electron chi connectivity index (χ1n) is 16.7. The van der Waals surface area contributed by atoms with Crippen LogP contribution in [0.5, 0.6) is 5.75 Å². The van der Waals surface area contributed by atoms with Crippen LogP contribution in [0, 0.1) is 28.6 Å². The average molecular weight is 614 g/mol. The van der Waals surface area contributed by atoms with E-state index in [1.54, 1.807) is 12.1 Å². The number of hydrogen-bond acceptors (Lipinski definition) is 5. The number of amidine groups is 1. The SMILES string of the molecule is CC(C)C1CCC2(CC1)N=C(c1cccc(OCC3CC3)c1)C(=O)N2C(CCC(C)(C)C)c1ccc(C(=O)NCC(=N)N)cc1. The predicted molar refractivity (Wildman–Crippen MR) is 180 cm³/mol. The summed E-state index contributed by atoms with van der Waals surface area (Å²) in [4.78, 5) is 34.9. The maximum Gasteiger partial charge on any atom is 0.275 e. The van der Waals surface area contributed by atoms with Crippen molar-refractivity contribution in [2.75, 3.05) is 13.2 Å². The van der Waals surface area contributed by atoms with Gasteiger partial charge in [0, 0.05) is 11.1 Å². The van der Waals surface area contributed by atoms with Crippen LogP contribution >= 0.6 is 0 Å². The lowest BCUT2D eigenvalue weighted by Crippen LogP contribution is -2.51. The second-order valence-electron chi connectivity index (χ2n) is 14.9. The van der Waals surface area contributed by atoms with E-state index in [9.17, 15) is 9.59 Å². The van der Waals surface area contributed by atoms with Gasteiger partial charge in [0.05, 0.1) is 19.2 Å². The van der Waals surface area contributed by atoms with Crippen LogP contribution in [0.15, 0.2) is 53.5 Å². The summed E-state index contributed by atoms with van der Waals surface area (Å²) in [5, 5.41) is 10.1. The number of ether oxygens (including phenoxy) is 1. The normalized spacial score (nSPS) is 22.4. The summed E-state index contributed by atoms with van der Waals surface area (Å²) in [6.45, 7) is 12.0. The van der Waals surface area contributed by atoms with Gasteiger partial charge in [-0.05, 0) is 104 Å². The van der Waals surface area contributed by atoms with Gasteiger partial charge in [-0.1, -0.05) is 58.9 Å². The van der Waals surface area contributed by atoms with Gasteiger partial charge in [-0.3, -0.25) is 20.0 Å². The van der Waals surface area contributed by atoms with Gasteiger partial charge in [0.2, 0.25) is 0 Å². The molecule has 2 amide bonds. The Balaban J connectivity index is 1.50. The number of carbonyl (C=O) groups is 2. The zero-order chi connectivity index (χ0) is 32.4. The molecule has 242 valence electrons. The van der Waals surface area contributed by atoms with Crippen molar-refractivity contribution >= 4 is 23.4 Å². The topological polar surface area (TPSA) is 121 Å². The van der Waals surface area contributed by atoms with Crippen molar-refractivity contribution in [1.82, 2.24) is 10.2 Å². The molecule has 1 atom stereocenters. The summed E-state index contributed by atoms with van der Waals surface area (Å²) < 4.78 is 6.09. The molecule has 0 aromatic heterocycles. The zero-order valence-corrected chi connectivity index (χ0v) is 27.7. The highest BCUT2D eigenvalue weighted by Gasteiger charge is 2.52. The number of hydrogen-bond donors (Lipinski definition) is 3. The van der Waals surface area contributed by atoms with Crippen molar-refractivity contribution in [2.24, 2.45) is 33.9 Å². The van der Waals surface area contributed by atoms with Crippen molar-refractivity contribution in [3.63, 3.8) is 0 Å². The fourth-order valence-electron chi connectivity index (χ4n) is 6.73. The molecule has 1 heterocycles. The minimum Gasteiger partial charge on any atom is -0.493 e. The monoisotopic (exact) mass is 613 g/mol. The number of carbonyl (C=O) groups excluding carboxylic acids is 2. The Hall–Kier alpha value is -3.68. The highest BCUT2D eigenvalue weighted by Crippen LogP contribution is 2.48. The van der Waals surface area contributed by atoms with E-state index in [-0.39, 0.29) is 35.7 Å². The standard InChI is InChI=1S/C37H51N5O3/c1-24(2)26-15-19-37(20-16-26)41-33(29-7-6-8-30(21-29)45-23-25-9-10-25)35(44)42(37)31(17-18-36(3,4)5)27-11-13-28(14-12-27)34(43)40-22-32(38)39/h6-8,11-14,21,24-26,31H,9-10,15-20,22-23H2,1-5H3,(H3,38,39)(H,40,43). The van der Waals surface area contributed by atoms with E-state index < -0.39 is 5.66 Å². The smallest absolute Gasteiger partial charge is 0.275 e. The molecular weight excluding hydrogens is 562 g/mol. The molecule has 8 nitrogen and oxygen atoms in total. The number of nitrogens with zero attached hydrogens (tertiary/aromatic N) is 2. The summed E-state index contributed by atoms with van der Waals surface area (Å²) in [5.41, 5.74) is 7.73. The zero-order valence-electron chi connectivity index (χ0n) is 27.7. The molecule has 0 saturated heterocycles. The van der Waals surface area contributed by atoms with Crippen LogP contribution in [-0.2, 0) is 4.79 Å². The Morgan fingerprint density at radius 2 is 1.80 bits per heavy atom. The van der Waals surface area contributed by atoms with Gasteiger partial charge in [0.1, 0.15) is 23.0 Å². The fraction of sp³-hybridized carbons (Fsp3) is 0.568. The largest absolute Gasteiger partial charge is 0.493 e. The number of rotatable bonds is 12. The third-order valence-corrected chi connectivity index (χ3v) is 9.73. The van der Waals surface area contributed by atoms with Crippen molar-refractivity contribution in [1.29, 1.82) is 5.41 Å². The number of nitrogens with one attached hydrogen (secondary N) is 2. The molecule has 8 heteroatoms. The quantitative estimate of drug-likeness (QED) is 0.178. The van der Waals surface area contributed by atoms with Crippen LogP contribution in [0.25, 0.3) is 0 Å². The molecule has 3 aliphatic rings. The number of amides is 2. The van der Waals surface area contributed by atoms with Gasteiger partial charge in [-0.2, -0.15) is 0 Å². The molecule has 5 rings (SSSR count). The first kappa shape index (κ1) is 32.7. The summed E-state index contributed by atoms with van der Waals surface area (Å²) in [7, 11) is 0. The Labute approximate surface area is 268 Å². The van der Waals surface area contributed by atoms with E-state index in [0.29, 0.717) is 35.6 Å². The van der Waals surface area contributed by atoms with Gasteiger partial charge in [-0.15, -0.1) is 0 Å². The highest BCUT2D eigenvalue weighted by molar-refractivity contribution is 6.46. The van der Waals surface area contributed by atoms with E-state index in [1.165, 1.54) is 12.8 Å². The van der Waals surface area contributed by atoms with Gasteiger partial charge in [-0.25, -0.2) is 0 Å².